The van der Waals surface area contributed by atoms with Crippen molar-refractivity contribution in [1.82, 2.24) is 4.31 Å². The van der Waals surface area contributed by atoms with Crippen LogP contribution in [0.2, 0.25) is 0 Å². The van der Waals surface area contributed by atoms with Crippen molar-refractivity contribution in [2.75, 3.05) is 18.8 Å². The Morgan fingerprint density at radius 1 is 1.00 bits per heavy atom. The van der Waals surface area contributed by atoms with Gasteiger partial charge in [0.05, 0.1) is 11.0 Å². The zero-order valence-corrected chi connectivity index (χ0v) is 15.3. The number of hydrogen-bond donors (Lipinski definition) is 0. The molecule has 0 N–H and O–H groups in total. The van der Waals surface area contributed by atoms with Crippen molar-refractivity contribution in [2.24, 2.45) is 0 Å². The van der Waals surface area contributed by atoms with Crippen molar-refractivity contribution >= 4 is 19.9 Å². The molecule has 1 atom stereocenters. The van der Waals surface area contributed by atoms with Gasteiger partial charge in [-0.3, -0.25) is 0 Å². The SMILES string of the molecule is O=S1(=O)CCN(S(=O)(=O)c2ccc(F)cc2F)CCC1c1ccccc1. The first kappa shape index (κ1) is 18.9. The summed E-state index contributed by atoms with van der Waals surface area (Å²) in [6.45, 7) is -0.344. The second-order valence-electron chi connectivity index (χ2n) is 6.03. The first-order valence-electron chi connectivity index (χ1n) is 7.93. The van der Waals surface area contributed by atoms with E-state index in [0.717, 1.165) is 16.4 Å². The van der Waals surface area contributed by atoms with Gasteiger partial charge in [-0.2, -0.15) is 4.31 Å². The molecule has 1 aliphatic rings. The number of rotatable bonds is 3. The van der Waals surface area contributed by atoms with Gasteiger partial charge in [-0.25, -0.2) is 25.6 Å². The predicted molar refractivity (Wildman–Crippen MR) is 92.7 cm³/mol. The molecule has 0 radical (unpaired) electrons. The Bertz CT molecular complexity index is 1010. The van der Waals surface area contributed by atoms with Crippen molar-refractivity contribution in [1.29, 1.82) is 0 Å². The van der Waals surface area contributed by atoms with Crippen molar-refractivity contribution in [3.05, 3.63) is 65.7 Å². The Morgan fingerprint density at radius 2 is 1.69 bits per heavy atom. The van der Waals surface area contributed by atoms with Gasteiger partial charge in [0.15, 0.2) is 9.84 Å². The number of sulfone groups is 1. The molecule has 0 bridgehead atoms. The van der Waals surface area contributed by atoms with Crippen LogP contribution in [0.4, 0.5) is 8.78 Å². The third-order valence-corrected chi connectivity index (χ3v) is 8.44. The van der Waals surface area contributed by atoms with E-state index in [1.807, 2.05) is 0 Å². The summed E-state index contributed by atoms with van der Waals surface area (Å²) in [6, 6.07) is 10.8. The van der Waals surface area contributed by atoms with E-state index in [4.69, 9.17) is 0 Å². The minimum Gasteiger partial charge on any atom is -0.228 e. The van der Waals surface area contributed by atoms with E-state index in [1.165, 1.54) is 0 Å². The Balaban J connectivity index is 1.92. The van der Waals surface area contributed by atoms with Crippen LogP contribution in [0, 0.1) is 11.6 Å². The number of benzene rings is 2. The molecular formula is C17H17F2NO4S2. The molecule has 0 aliphatic carbocycles. The van der Waals surface area contributed by atoms with Gasteiger partial charge in [0, 0.05) is 19.2 Å². The third kappa shape index (κ3) is 3.65. The first-order chi connectivity index (χ1) is 12.2. The van der Waals surface area contributed by atoms with Crippen LogP contribution in [0.5, 0.6) is 0 Å². The predicted octanol–water partition coefficient (Wildman–Crippen LogP) is 2.52. The smallest absolute Gasteiger partial charge is 0.228 e. The molecule has 0 saturated carbocycles. The van der Waals surface area contributed by atoms with E-state index in [2.05, 4.69) is 0 Å². The van der Waals surface area contributed by atoms with Crippen LogP contribution in [0.15, 0.2) is 53.4 Å². The molecule has 140 valence electrons. The lowest BCUT2D eigenvalue weighted by atomic mass is 10.1. The summed E-state index contributed by atoms with van der Waals surface area (Å²) in [5.41, 5.74) is 0.597. The van der Waals surface area contributed by atoms with E-state index < -0.39 is 41.6 Å². The minimum absolute atomic E-state index is 0.0639. The van der Waals surface area contributed by atoms with Crippen LogP contribution < -0.4 is 0 Å². The molecule has 0 aromatic heterocycles. The van der Waals surface area contributed by atoms with Gasteiger partial charge in [-0.05, 0) is 24.1 Å². The maximum absolute atomic E-state index is 13.9. The van der Waals surface area contributed by atoms with Crippen LogP contribution in [-0.2, 0) is 19.9 Å². The molecule has 0 spiro atoms. The first-order valence-corrected chi connectivity index (χ1v) is 11.1. The maximum atomic E-state index is 13.9. The van der Waals surface area contributed by atoms with Gasteiger partial charge in [-0.15, -0.1) is 0 Å². The average molecular weight is 401 g/mol. The fourth-order valence-corrected chi connectivity index (χ4v) is 6.44. The van der Waals surface area contributed by atoms with Crippen molar-refractivity contribution in [2.45, 2.75) is 16.6 Å². The van der Waals surface area contributed by atoms with Crippen LogP contribution in [0.25, 0.3) is 0 Å². The zero-order chi connectivity index (χ0) is 18.9. The lowest BCUT2D eigenvalue weighted by molar-refractivity contribution is 0.423. The highest BCUT2D eigenvalue weighted by Crippen LogP contribution is 2.31. The monoisotopic (exact) mass is 401 g/mol. The lowest BCUT2D eigenvalue weighted by Crippen LogP contribution is -2.34. The molecule has 0 amide bonds. The van der Waals surface area contributed by atoms with Crippen LogP contribution >= 0.6 is 0 Å². The summed E-state index contributed by atoms with van der Waals surface area (Å²) in [5.74, 6) is -2.45. The molecule has 3 rings (SSSR count). The van der Waals surface area contributed by atoms with Gasteiger partial charge in [0.2, 0.25) is 10.0 Å². The molecule has 2 aromatic rings. The zero-order valence-electron chi connectivity index (χ0n) is 13.7. The molecule has 2 aromatic carbocycles. The Morgan fingerprint density at radius 3 is 2.35 bits per heavy atom. The highest BCUT2D eigenvalue weighted by atomic mass is 32.2. The fourth-order valence-electron chi connectivity index (χ4n) is 3.03. The molecule has 9 heteroatoms. The second-order valence-corrected chi connectivity index (χ2v) is 10.2. The summed E-state index contributed by atoms with van der Waals surface area (Å²) in [6.07, 6.45) is 0.0639. The van der Waals surface area contributed by atoms with E-state index in [0.29, 0.717) is 11.6 Å². The van der Waals surface area contributed by atoms with Crippen molar-refractivity contribution in [3.8, 4) is 0 Å². The van der Waals surface area contributed by atoms with Crippen LogP contribution in [0.3, 0.4) is 0 Å². The normalized spacial score (nSPS) is 21.2. The topological polar surface area (TPSA) is 71.5 Å². The number of halogens is 2. The largest absolute Gasteiger partial charge is 0.246 e. The minimum atomic E-state index is -4.26. The van der Waals surface area contributed by atoms with Crippen LogP contribution in [0.1, 0.15) is 17.2 Å². The van der Waals surface area contributed by atoms with Gasteiger partial charge in [0.1, 0.15) is 16.5 Å². The van der Waals surface area contributed by atoms with Gasteiger partial charge in [0.25, 0.3) is 0 Å². The molecule has 5 nitrogen and oxygen atoms in total. The number of nitrogens with zero attached hydrogens (tertiary/aromatic N) is 1. The van der Waals surface area contributed by atoms with Gasteiger partial charge >= 0.3 is 0 Å². The average Bonchev–Trinajstić information content (AvgIpc) is 2.73. The summed E-state index contributed by atoms with van der Waals surface area (Å²) in [7, 11) is -7.83. The van der Waals surface area contributed by atoms with E-state index in [-0.39, 0.29) is 25.3 Å². The molecule has 1 saturated heterocycles. The van der Waals surface area contributed by atoms with E-state index in [9.17, 15) is 25.6 Å². The van der Waals surface area contributed by atoms with Gasteiger partial charge < -0.3 is 0 Å². The number of sulfonamides is 1. The van der Waals surface area contributed by atoms with Gasteiger partial charge in [-0.1, -0.05) is 30.3 Å². The summed E-state index contributed by atoms with van der Waals surface area (Å²) in [4.78, 5) is -0.658. The maximum Gasteiger partial charge on any atom is 0.246 e. The Hall–Kier alpha value is -1.84. The summed E-state index contributed by atoms with van der Waals surface area (Å²) < 4.78 is 78.5. The van der Waals surface area contributed by atoms with E-state index >= 15 is 0 Å². The fraction of sp³-hybridized carbons (Fsp3) is 0.294. The number of hydrogen-bond acceptors (Lipinski definition) is 4. The summed E-state index contributed by atoms with van der Waals surface area (Å²) in [5, 5.41) is -0.818. The Kier molecular flexibility index (Phi) is 5.14. The van der Waals surface area contributed by atoms with Crippen molar-refractivity contribution in [3.63, 3.8) is 0 Å². The Labute approximate surface area is 151 Å². The third-order valence-electron chi connectivity index (χ3n) is 4.38. The quantitative estimate of drug-likeness (QED) is 0.792. The highest BCUT2D eigenvalue weighted by Gasteiger charge is 2.36. The standard InChI is InChI=1S/C17H17F2NO4S2/c18-14-6-7-17(15(19)12-14)26(23,24)20-9-8-16(25(21,22)11-10-20)13-4-2-1-3-5-13/h1-7,12,16H,8-11H2. The second kappa shape index (κ2) is 7.05. The molecular weight excluding hydrogens is 384 g/mol. The van der Waals surface area contributed by atoms with Crippen molar-refractivity contribution < 1.29 is 25.6 Å². The molecule has 1 unspecified atom stereocenters. The summed E-state index contributed by atoms with van der Waals surface area (Å²) >= 11 is 0. The van der Waals surface area contributed by atoms with E-state index in [1.54, 1.807) is 30.3 Å². The molecule has 1 fully saturated rings. The van der Waals surface area contributed by atoms with Crippen LogP contribution in [-0.4, -0.2) is 40.0 Å². The molecule has 1 aliphatic heterocycles. The highest BCUT2D eigenvalue weighted by molar-refractivity contribution is 7.92. The lowest BCUT2D eigenvalue weighted by Gasteiger charge is -2.20. The molecule has 1 heterocycles. The molecule has 26 heavy (non-hydrogen) atoms.